The molecule has 1 atom stereocenters. The number of hydrogen-bond donors (Lipinski definition) is 6. The van der Waals surface area contributed by atoms with Crippen LogP contribution in [0.25, 0.3) is 0 Å². The summed E-state index contributed by atoms with van der Waals surface area (Å²) >= 11 is 2.82. The van der Waals surface area contributed by atoms with Crippen molar-refractivity contribution in [2.75, 3.05) is 23.5 Å². The van der Waals surface area contributed by atoms with Gasteiger partial charge in [-0.25, -0.2) is 4.79 Å². The summed E-state index contributed by atoms with van der Waals surface area (Å²) in [7, 11) is 0. The van der Waals surface area contributed by atoms with Crippen molar-refractivity contribution in [1.82, 2.24) is 15.3 Å². The van der Waals surface area contributed by atoms with Crippen molar-refractivity contribution < 1.29 is 24.6 Å². The molecule has 0 aliphatic heterocycles. The molecule has 13 heteroatoms. The lowest BCUT2D eigenvalue weighted by Crippen LogP contribution is -2.41. The van der Waals surface area contributed by atoms with Gasteiger partial charge >= 0.3 is 11.9 Å². The zero-order chi connectivity index (χ0) is 25.1. The van der Waals surface area contributed by atoms with Gasteiger partial charge in [0.1, 0.15) is 16.8 Å². The lowest BCUT2D eigenvalue weighted by molar-refractivity contribution is -0.142. The summed E-state index contributed by atoms with van der Waals surface area (Å²) < 4.78 is 0. The molecule has 0 saturated heterocycles. The number of rotatable bonds is 13. The number of anilines is 2. The van der Waals surface area contributed by atoms with Gasteiger partial charge < -0.3 is 27.0 Å². The van der Waals surface area contributed by atoms with Gasteiger partial charge in [0.15, 0.2) is 0 Å². The largest absolute Gasteiger partial charge is 0.481 e. The fourth-order valence-electron chi connectivity index (χ4n) is 2.77. The summed E-state index contributed by atoms with van der Waals surface area (Å²) in [5.74, 6) is -2.33. The van der Waals surface area contributed by atoms with Crippen molar-refractivity contribution in [2.24, 2.45) is 0 Å². The second kappa shape index (κ2) is 13.6. The highest BCUT2D eigenvalue weighted by Crippen LogP contribution is 2.27. The van der Waals surface area contributed by atoms with Gasteiger partial charge in [0.05, 0.1) is 0 Å². The topological polar surface area (TPSA) is 201 Å². The number of nitrogens with one attached hydrogen (secondary N) is 2. The Morgan fingerprint density at radius 2 is 1.88 bits per heavy atom. The van der Waals surface area contributed by atoms with E-state index in [9.17, 15) is 24.3 Å². The number of nitrogens with two attached hydrogens (primary N) is 2. The Morgan fingerprint density at radius 1 is 1.21 bits per heavy atom. The Hall–Kier alpha value is -2.93. The SMILES string of the molecule is CS/C(CCCSc1c(N)nc(N)[nH]c1=O)=C(C)\C=C(/C)C(=O)N[C@@H](CCC(=O)O)C(=O)O. The number of carbonyl (C=O) groups is 3. The molecule has 1 aromatic rings. The molecule has 0 radical (unpaired) electrons. The van der Waals surface area contributed by atoms with Gasteiger partial charge in [0.2, 0.25) is 11.9 Å². The minimum atomic E-state index is -1.29. The number of carboxylic acid groups (broad SMARTS) is 2. The predicted molar refractivity (Wildman–Crippen MR) is 130 cm³/mol. The van der Waals surface area contributed by atoms with Crippen molar-refractivity contribution in [3.8, 4) is 0 Å². The third kappa shape index (κ3) is 9.61. The number of aliphatic carboxylic acids is 2. The quantitative estimate of drug-likeness (QED) is 0.1000. The molecule has 11 nitrogen and oxygen atoms in total. The number of nitrogens with zero attached hydrogens (tertiary/aromatic N) is 1. The number of thioether (sulfide) groups is 2. The monoisotopic (exact) mass is 499 g/mol. The van der Waals surface area contributed by atoms with Crippen LogP contribution in [0, 0.1) is 0 Å². The number of amides is 1. The van der Waals surface area contributed by atoms with Gasteiger partial charge in [-0.05, 0) is 55.6 Å². The molecule has 1 amide bonds. The van der Waals surface area contributed by atoms with Crippen LogP contribution in [0.5, 0.6) is 0 Å². The Kier molecular flexibility index (Phi) is 11.6. The molecule has 0 fully saturated rings. The first-order chi connectivity index (χ1) is 15.5. The molecule has 0 aliphatic carbocycles. The number of allylic oxidation sites excluding steroid dienone is 3. The van der Waals surface area contributed by atoms with Gasteiger partial charge in [0.25, 0.3) is 5.56 Å². The van der Waals surface area contributed by atoms with Crippen LogP contribution in [-0.4, -0.2) is 56.1 Å². The second-order valence-electron chi connectivity index (χ2n) is 7.05. The van der Waals surface area contributed by atoms with Gasteiger partial charge in [0, 0.05) is 12.0 Å². The zero-order valence-corrected chi connectivity index (χ0v) is 20.3. The summed E-state index contributed by atoms with van der Waals surface area (Å²) in [5, 5.41) is 20.3. The molecular weight excluding hydrogens is 470 g/mol. The van der Waals surface area contributed by atoms with E-state index in [1.807, 2.05) is 13.2 Å². The van der Waals surface area contributed by atoms with Crippen molar-refractivity contribution in [3.05, 3.63) is 32.5 Å². The van der Waals surface area contributed by atoms with E-state index in [1.54, 1.807) is 13.0 Å². The fourth-order valence-corrected chi connectivity index (χ4v) is 4.37. The third-order valence-corrected chi connectivity index (χ3v) is 6.64. The van der Waals surface area contributed by atoms with Crippen molar-refractivity contribution in [1.29, 1.82) is 0 Å². The Labute approximate surface area is 199 Å². The van der Waals surface area contributed by atoms with Crippen molar-refractivity contribution in [3.63, 3.8) is 0 Å². The number of carboxylic acids is 2. The molecule has 0 saturated carbocycles. The molecule has 33 heavy (non-hydrogen) atoms. The smallest absolute Gasteiger partial charge is 0.326 e. The van der Waals surface area contributed by atoms with Crippen LogP contribution >= 0.6 is 23.5 Å². The lowest BCUT2D eigenvalue weighted by atomic mass is 10.1. The van der Waals surface area contributed by atoms with Crippen LogP contribution in [0.1, 0.15) is 39.5 Å². The molecule has 0 spiro atoms. The molecule has 0 bridgehead atoms. The first-order valence-electron chi connectivity index (χ1n) is 9.91. The van der Waals surface area contributed by atoms with Crippen LogP contribution < -0.4 is 22.3 Å². The predicted octanol–water partition coefficient (Wildman–Crippen LogP) is 1.82. The van der Waals surface area contributed by atoms with E-state index in [4.69, 9.17) is 16.6 Å². The zero-order valence-electron chi connectivity index (χ0n) is 18.6. The summed E-state index contributed by atoms with van der Waals surface area (Å²) in [6.45, 7) is 3.41. The minimum Gasteiger partial charge on any atom is -0.481 e. The first-order valence-corrected chi connectivity index (χ1v) is 12.1. The number of H-pyrrole nitrogens is 1. The van der Waals surface area contributed by atoms with Crippen LogP contribution in [-0.2, 0) is 14.4 Å². The van der Waals surface area contributed by atoms with Crippen molar-refractivity contribution >= 4 is 53.1 Å². The number of aromatic amines is 1. The highest BCUT2D eigenvalue weighted by molar-refractivity contribution is 8.02. The Bertz CT molecular complexity index is 1010. The van der Waals surface area contributed by atoms with E-state index in [0.717, 1.165) is 16.9 Å². The Balaban J connectivity index is 2.75. The third-order valence-electron chi connectivity index (χ3n) is 4.44. The molecule has 0 unspecified atom stereocenters. The maximum Gasteiger partial charge on any atom is 0.326 e. The molecule has 182 valence electrons. The van der Waals surface area contributed by atoms with Crippen LogP contribution in [0.4, 0.5) is 11.8 Å². The molecule has 1 heterocycles. The number of nitrogen functional groups attached to an aromatic ring is 2. The number of carbonyl (C=O) groups excluding carboxylic acids is 1. The molecule has 8 N–H and O–H groups in total. The van der Waals surface area contributed by atoms with E-state index in [0.29, 0.717) is 22.6 Å². The normalized spacial score (nSPS) is 13.2. The number of hydrogen-bond acceptors (Lipinski definition) is 9. The maximum atomic E-state index is 12.4. The molecule has 1 aromatic heterocycles. The summed E-state index contributed by atoms with van der Waals surface area (Å²) in [5.41, 5.74) is 12.0. The van der Waals surface area contributed by atoms with Crippen LogP contribution in [0.2, 0.25) is 0 Å². The van der Waals surface area contributed by atoms with Gasteiger partial charge in [-0.1, -0.05) is 6.08 Å². The standard InChI is InChI=1S/C20H29N5O6S2/c1-10(9-11(2)17(28)23-12(19(30)31)6-7-14(26)27)13(32-3)5-4-8-33-15-16(21)24-20(22)25-18(15)29/h9,12H,4-8H2,1-3H3,(H,23,28)(H,26,27)(H,30,31)(H5,21,22,24,25,29)/b11-9+,13-10-/t12-/m0/s1. The van der Waals surface area contributed by atoms with Gasteiger partial charge in [-0.15, -0.1) is 23.5 Å². The summed E-state index contributed by atoms with van der Waals surface area (Å²) in [4.78, 5) is 53.9. The summed E-state index contributed by atoms with van der Waals surface area (Å²) in [6, 6.07) is -1.28. The van der Waals surface area contributed by atoms with E-state index in [1.165, 1.54) is 23.5 Å². The highest BCUT2D eigenvalue weighted by atomic mass is 32.2. The van der Waals surface area contributed by atoms with E-state index in [-0.39, 0.29) is 30.2 Å². The summed E-state index contributed by atoms with van der Waals surface area (Å²) in [6.07, 6.45) is 4.44. The second-order valence-corrected chi connectivity index (χ2v) is 9.06. The minimum absolute atomic E-state index is 0.0344. The average molecular weight is 500 g/mol. The van der Waals surface area contributed by atoms with E-state index >= 15 is 0 Å². The van der Waals surface area contributed by atoms with Crippen LogP contribution in [0.3, 0.4) is 0 Å². The first kappa shape index (κ1) is 28.1. The van der Waals surface area contributed by atoms with E-state index in [2.05, 4.69) is 15.3 Å². The maximum absolute atomic E-state index is 12.4. The van der Waals surface area contributed by atoms with Crippen molar-refractivity contribution in [2.45, 2.75) is 50.5 Å². The Morgan fingerprint density at radius 3 is 2.42 bits per heavy atom. The molecular formula is C20H29N5O6S2. The number of aromatic nitrogens is 2. The van der Waals surface area contributed by atoms with Gasteiger partial charge in [-0.2, -0.15) is 4.98 Å². The molecule has 0 aromatic carbocycles. The van der Waals surface area contributed by atoms with E-state index < -0.39 is 23.9 Å². The highest BCUT2D eigenvalue weighted by Gasteiger charge is 2.21. The molecule has 1 rings (SSSR count). The van der Waals surface area contributed by atoms with Crippen LogP contribution in [0.15, 0.2) is 31.8 Å². The lowest BCUT2D eigenvalue weighted by Gasteiger charge is -2.14. The molecule has 0 aliphatic rings. The fraction of sp³-hybridized carbons (Fsp3) is 0.450. The average Bonchev–Trinajstić information content (AvgIpc) is 2.71. The van der Waals surface area contributed by atoms with Gasteiger partial charge in [-0.3, -0.25) is 19.4 Å².